The van der Waals surface area contributed by atoms with Crippen LogP contribution in [0.5, 0.6) is 0 Å². The number of carbonyl (C=O) groups is 2. The van der Waals surface area contributed by atoms with Gasteiger partial charge in [0.2, 0.25) is 0 Å². The number of amides is 1. The van der Waals surface area contributed by atoms with Crippen LogP contribution in [0, 0.1) is 0 Å². The average Bonchev–Trinajstić information content (AvgIpc) is 2.72. The van der Waals surface area contributed by atoms with Gasteiger partial charge in [-0.15, -0.1) is 0 Å². The van der Waals surface area contributed by atoms with Crippen LogP contribution in [0.1, 0.15) is 54.9 Å². The predicted molar refractivity (Wildman–Crippen MR) is 100 cm³/mol. The van der Waals surface area contributed by atoms with Crippen LogP contribution in [0.15, 0.2) is 0 Å². The van der Waals surface area contributed by atoms with Gasteiger partial charge < -0.3 is 13.9 Å². The molecule has 0 aromatic rings. The number of ether oxygens (including phenoxy) is 2. The Morgan fingerprint density at radius 1 is 1.12 bits per heavy atom. The van der Waals surface area contributed by atoms with E-state index in [2.05, 4.69) is 33.9 Å². The van der Waals surface area contributed by atoms with Crippen molar-refractivity contribution in [1.82, 2.24) is 4.90 Å². The number of hydrogen-bond donors (Lipinski definition) is 0. The molecule has 0 aromatic carbocycles. The highest BCUT2D eigenvalue weighted by molar-refractivity contribution is 6.74. The molecule has 1 rings (SSSR count). The minimum absolute atomic E-state index is 0.0496. The van der Waals surface area contributed by atoms with Gasteiger partial charge in [-0.1, -0.05) is 20.8 Å². The molecule has 25 heavy (non-hydrogen) atoms. The summed E-state index contributed by atoms with van der Waals surface area (Å²) in [5, 5.41) is 0.0496. The lowest BCUT2D eigenvalue weighted by atomic mass is 9.98. The molecule has 7 heteroatoms. The molecule has 0 aliphatic carbocycles. The molecule has 2 atom stereocenters. The largest absolute Gasteiger partial charge is 0.467 e. The molecule has 1 amide bonds. The van der Waals surface area contributed by atoms with E-state index in [0.717, 1.165) is 0 Å². The zero-order chi connectivity index (χ0) is 19.8. The van der Waals surface area contributed by atoms with Crippen molar-refractivity contribution in [3.8, 4) is 0 Å². The van der Waals surface area contributed by atoms with Crippen LogP contribution in [0.4, 0.5) is 4.79 Å². The quantitative estimate of drug-likeness (QED) is 0.553. The van der Waals surface area contributed by atoms with Crippen molar-refractivity contribution in [2.75, 3.05) is 13.7 Å². The number of rotatable bonds is 3. The second-order valence-electron chi connectivity index (χ2n) is 9.56. The minimum Gasteiger partial charge on any atom is -0.467 e. The SMILES string of the molecule is COC(=O)[C@@]1(C)C[C@@H](O[Si](C)(C)C(C)(C)C)CN1C(=O)OC(C)(C)C. The summed E-state index contributed by atoms with van der Waals surface area (Å²) in [6.45, 7) is 18.3. The molecule has 6 nitrogen and oxygen atoms in total. The van der Waals surface area contributed by atoms with Gasteiger partial charge in [-0.25, -0.2) is 9.59 Å². The summed E-state index contributed by atoms with van der Waals surface area (Å²) in [5.41, 5.74) is -1.71. The zero-order valence-corrected chi connectivity index (χ0v) is 18.5. The molecule has 1 aliphatic heterocycles. The van der Waals surface area contributed by atoms with Gasteiger partial charge in [0.05, 0.1) is 19.8 Å². The molecule has 1 saturated heterocycles. The first kappa shape index (κ1) is 22.0. The van der Waals surface area contributed by atoms with Gasteiger partial charge in [0.1, 0.15) is 11.1 Å². The number of likely N-dealkylation sites (tertiary alicyclic amines) is 1. The lowest BCUT2D eigenvalue weighted by Crippen LogP contribution is -2.52. The van der Waals surface area contributed by atoms with Crippen LogP contribution in [0.3, 0.4) is 0 Å². The molecule has 1 fully saturated rings. The van der Waals surface area contributed by atoms with Crippen molar-refractivity contribution in [2.45, 2.75) is 90.3 Å². The smallest absolute Gasteiger partial charge is 0.411 e. The van der Waals surface area contributed by atoms with Crippen molar-refractivity contribution >= 4 is 20.4 Å². The summed E-state index contributed by atoms with van der Waals surface area (Å²) < 4.78 is 16.9. The highest BCUT2D eigenvalue weighted by Gasteiger charge is 2.54. The van der Waals surface area contributed by atoms with E-state index in [9.17, 15) is 9.59 Å². The van der Waals surface area contributed by atoms with Crippen LogP contribution in [-0.2, 0) is 18.7 Å². The highest BCUT2D eigenvalue weighted by Crippen LogP contribution is 2.41. The van der Waals surface area contributed by atoms with Gasteiger partial charge in [0.25, 0.3) is 0 Å². The molecule has 0 unspecified atom stereocenters. The standard InChI is InChI=1S/C18H35NO5Si/c1-16(2,3)23-15(21)19-12-13(11-18(19,7)14(20)22-8)24-25(9,10)17(4,5)6/h13H,11-12H2,1-10H3/t13-,18-/m1/s1. The van der Waals surface area contributed by atoms with Gasteiger partial charge in [0.15, 0.2) is 8.32 Å². The van der Waals surface area contributed by atoms with Crippen molar-refractivity contribution < 1.29 is 23.5 Å². The lowest BCUT2D eigenvalue weighted by Gasteiger charge is -2.38. The predicted octanol–water partition coefficient (Wildman–Crippen LogP) is 3.95. The van der Waals surface area contributed by atoms with E-state index in [1.807, 2.05) is 0 Å². The summed E-state index contributed by atoms with van der Waals surface area (Å²) in [6, 6.07) is 0. The van der Waals surface area contributed by atoms with Crippen LogP contribution in [0.2, 0.25) is 18.1 Å². The molecule has 0 aromatic heterocycles. The third-order valence-corrected chi connectivity index (χ3v) is 9.65. The Morgan fingerprint density at radius 3 is 2.04 bits per heavy atom. The third kappa shape index (κ3) is 4.97. The van der Waals surface area contributed by atoms with E-state index in [-0.39, 0.29) is 11.1 Å². The number of nitrogens with zero attached hydrogens (tertiary/aromatic N) is 1. The molecule has 0 N–H and O–H groups in total. The third-order valence-electron chi connectivity index (χ3n) is 5.11. The zero-order valence-electron chi connectivity index (χ0n) is 17.5. The fourth-order valence-corrected chi connectivity index (χ4v) is 4.05. The summed E-state index contributed by atoms with van der Waals surface area (Å²) in [6.07, 6.45) is -0.315. The van der Waals surface area contributed by atoms with Crippen molar-refractivity contribution in [3.05, 3.63) is 0 Å². The van der Waals surface area contributed by atoms with Gasteiger partial charge in [-0.3, -0.25) is 4.90 Å². The Kier molecular flexibility index (Phi) is 6.07. The van der Waals surface area contributed by atoms with E-state index in [1.54, 1.807) is 27.7 Å². The van der Waals surface area contributed by atoms with E-state index < -0.39 is 31.5 Å². The molecular formula is C18H35NO5Si. The summed E-state index contributed by atoms with van der Waals surface area (Å²) in [5.74, 6) is -0.445. The van der Waals surface area contributed by atoms with Crippen LogP contribution < -0.4 is 0 Å². The van der Waals surface area contributed by atoms with E-state index in [4.69, 9.17) is 13.9 Å². The summed E-state index contributed by atoms with van der Waals surface area (Å²) in [7, 11) is -0.683. The molecule has 1 aliphatic rings. The van der Waals surface area contributed by atoms with Crippen molar-refractivity contribution in [1.29, 1.82) is 0 Å². The summed E-state index contributed by atoms with van der Waals surface area (Å²) >= 11 is 0. The maximum absolute atomic E-state index is 12.7. The Balaban J connectivity index is 3.07. The first-order valence-corrected chi connectivity index (χ1v) is 11.7. The van der Waals surface area contributed by atoms with Crippen LogP contribution in [0.25, 0.3) is 0 Å². The molecule has 0 saturated carbocycles. The second-order valence-corrected chi connectivity index (χ2v) is 14.3. The number of carbonyl (C=O) groups excluding carboxylic acids is 2. The molecule has 146 valence electrons. The molecule has 0 radical (unpaired) electrons. The molecule has 0 bridgehead atoms. The Hall–Kier alpha value is -1.08. The lowest BCUT2D eigenvalue weighted by molar-refractivity contribution is -0.152. The first-order chi connectivity index (χ1) is 11.0. The van der Waals surface area contributed by atoms with Crippen LogP contribution in [-0.4, -0.2) is 56.2 Å². The maximum Gasteiger partial charge on any atom is 0.411 e. The van der Waals surface area contributed by atoms with Gasteiger partial charge in [-0.05, 0) is 45.8 Å². The monoisotopic (exact) mass is 373 g/mol. The normalized spacial score (nSPS) is 25.0. The second kappa shape index (κ2) is 6.91. The number of hydrogen-bond acceptors (Lipinski definition) is 5. The van der Waals surface area contributed by atoms with Gasteiger partial charge in [0, 0.05) is 6.42 Å². The number of methoxy groups -OCH3 is 1. The minimum atomic E-state index is -2.02. The van der Waals surface area contributed by atoms with Gasteiger partial charge >= 0.3 is 12.1 Å². The molecule has 0 spiro atoms. The Morgan fingerprint density at radius 2 is 1.64 bits per heavy atom. The molecular weight excluding hydrogens is 338 g/mol. The van der Waals surface area contributed by atoms with E-state index >= 15 is 0 Å². The Labute approximate surface area is 153 Å². The number of esters is 1. The van der Waals surface area contributed by atoms with Crippen molar-refractivity contribution in [3.63, 3.8) is 0 Å². The first-order valence-electron chi connectivity index (χ1n) is 8.80. The van der Waals surface area contributed by atoms with Crippen molar-refractivity contribution in [2.24, 2.45) is 0 Å². The topological polar surface area (TPSA) is 65.1 Å². The maximum atomic E-state index is 12.7. The average molecular weight is 374 g/mol. The van der Waals surface area contributed by atoms with E-state index in [0.29, 0.717) is 13.0 Å². The summed E-state index contributed by atoms with van der Waals surface area (Å²) in [4.78, 5) is 26.5. The van der Waals surface area contributed by atoms with Gasteiger partial charge in [-0.2, -0.15) is 0 Å². The molecule has 1 heterocycles. The Bertz CT molecular complexity index is 521. The van der Waals surface area contributed by atoms with E-state index in [1.165, 1.54) is 12.0 Å². The fraction of sp³-hybridized carbons (Fsp3) is 0.889. The van der Waals surface area contributed by atoms with Crippen LogP contribution >= 0.6 is 0 Å². The highest BCUT2D eigenvalue weighted by atomic mass is 28.4. The fourth-order valence-electron chi connectivity index (χ4n) is 2.70.